The molecule has 0 amide bonds. The van der Waals surface area contributed by atoms with E-state index in [4.69, 9.17) is 4.74 Å². The number of carbonyl (C=O) groups excluding carboxylic acids is 1. The van der Waals surface area contributed by atoms with E-state index in [0.29, 0.717) is 6.42 Å². The van der Waals surface area contributed by atoms with Gasteiger partial charge in [-0.1, -0.05) is 6.92 Å². The molecule has 0 radical (unpaired) electrons. The molecule has 3 nitrogen and oxygen atoms in total. The third-order valence-electron chi connectivity index (χ3n) is 2.69. The summed E-state index contributed by atoms with van der Waals surface area (Å²) in [5, 5.41) is 0. The summed E-state index contributed by atoms with van der Waals surface area (Å²) in [5.74, 6) is 0.661. The van der Waals surface area contributed by atoms with E-state index in [1.807, 2.05) is 26.0 Å². The van der Waals surface area contributed by atoms with Gasteiger partial charge in [0.1, 0.15) is 5.75 Å². The van der Waals surface area contributed by atoms with E-state index in [9.17, 15) is 4.79 Å². The van der Waals surface area contributed by atoms with Crippen LogP contribution in [0, 0.1) is 13.8 Å². The molecule has 0 saturated heterocycles. The Morgan fingerprint density at radius 1 is 1.24 bits per heavy atom. The van der Waals surface area contributed by atoms with E-state index in [0.717, 1.165) is 35.5 Å². The molecule has 0 bridgehead atoms. The summed E-state index contributed by atoms with van der Waals surface area (Å²) in [4.78, 5) is 11.3. The number of aryl methyl sites for hydroxylation is 2. The van der Waals surface area contributed by atoms with Gasteiger partial charge < -0.3 is 9.47 Å². The largest absolute Gasteiger partial charge is 0.494 e. The zero-order valence-electron chi connectivity index (χ0n) is 11.0. The molecule has 0 atom stereocenters. The number of ether oxygens (including phenoxy) is 2. The maximum Gasteiger partial charge on any atom is 0.309 e. The molecule has 3 heteroatoms. The monoisotopic (exact) mass is 236 g/mol. The summed E-state index contributed by atoms with van der Waals surface area (Å²) in [6.45, 7) is 6.77. The first kappa shape index (κ1) is 13.6. The van der Waals surface area contributed by atoms with Gasteiger partial charge in [0.05, 0.1) is 20.1 Å². The molecule has 0 unspecified atom stereocenters. The molecule has 94 valence electrons. The molecule has 0 saturated carbocycles. The van der Waals surface area contributed by atoms with Crippen LogP contribution in [0.4, 0.5) is 0 Å². The molecule has 0 fully saturated rings. The smallest absolute Gasteiger partial charge is 0.309 e. The Morgan fingerprint density at radius 3 is 2.29 bits per heavy atom. The van der Waals surface area contributed by atoms with Gasteiger partial charge in [-0.2, -0.15) is 0 Å². The third kappa shape index (κ3) is 3.77. The summed E-state index contributed by atoms with van der Waals surface area (Å²) in [7, 11) is 1.41. The van der Waals surface area contributed by atoms with Gasteiger partial charge in [-0.25, -0.2) is 0 Å². The van der Waals surface area contributed by atoms with E-state index >= 15 is 0 Å². The summed E-state index contributed by atoms with van der Waals surface area (Å²) in [6.07, 6.45) is 1.31. The number of carbonyl (C=O) groups is 1. The first-order valence-electron chi connectivity index (χ1n) is 5.88. The number of hydrogen-bond donors (Lipinski definition) is 0. The van der Waals surface area contributed by atoms with Crippen molar-refractivity contribution in [2.45, 2.75) is 33.6 Å². The van der Waals surface area contributed by atoms with Crippen molar-refractivity contribution in [2.24, 2.45) is 0 Å². The maximum absolute atomic E-state index is 11.3. The molecule has 0 aliphatic carbocycles. The van der Waals surface area contributed by atoms with Gasteiger partial charge >= 0.3 is 5.97 Å². The van der Waals surface area contributed by atoms with E-state index in [2.05, 4.69) is 11.7 Å². The lowest BCUT2D eigenvalue weighted by Gasteiger charge is -2.12. The normalized spacial score (nSPS) is 10.1. The molecule has 0 spiro atoms. The Labute approximate surface area is 103 Å². The Bertz CT molecular complexity index is 373. The summed E-state index contributed by atoms with van der Waals surface area (Å²) < 4.78 is 10.3. The van der Waals surface area contributed by atoms with E-state index < -0.39 is 0 Å². The molecule has 0 N–H and O–H groups in total. The van der Waals surface area contributed by atoms with Crippen LogP contribution in [-0.4, -0.2) is 19.7 Å². The van der Waals surface area contributed by atoms with Crippen LogP contribution in [0.2, 0.25) is 0 Å². The Balaban J connectivity index is 2.90. The number of esters is 1. The van der Waals surface area contributed by atoms with Crippen molar-refractivity contribution in [2.75, 3.05) is 13.7 Å². The van der Waals surface area contributed by atoms with Crippen molar-refractivity contribution in [1.82, 2.24) is 0 Å². The zero-order chi connectivity index (χ0) is 12.8. The van der Waals surface area contributed by atoms with Crippen LogP contribution in [0.3, 0.4) is 0 Å². The maximum atomic E-state index is 11.3. The molecular weight excluding hydrogens is 216 g/mol. The van der Waals surface area contributed by atoms with Gasteiger partial charge in [-0.15, -0.1) is 0 Å². The number of methoxy groups -OCH3 is 1. The van der Waals surface area contributed by atoms with Crippen molar-refractivity contribution in [1.29, 1.82) is 0 Å². The zero-order valence-corrected chi connectivity index (χ0v) is 11.0. The second-order valence-electron chi connectivity index (χ2n) is 4.14. The minimum atomic E-state index is -0.210. The Morgan fingerprint density at radius 2 is 1.82 bits per heavy atom. The molecule has 1 aromatic carbocycles. The first-order chi connectivity index (χ1) is 8.08. The minimum Gasteiger partial charge on any atom is -0.494 e. The second kappa shape index (κ2) is 6.28. The lowest BCUT2D eigenvalue weighted by Crippen LogP contribution is -2.08. The fourth-order valence-electron chi connectivity index (χ4n) is 1.75. The molecule has 1 aromatic rings. The topological polar surface area (TPSA) is 35.5 Å². The molecule has 0 aliphatic rings. The van der Waals surface area contributed by atoms with Crippen LogP contribution in [0.15, 0.2) is 12.1 Å². The van der Waals surface area contributed by atoms with E-state index in [1.54, 1.807) is 0 Å². The van der Waals surface area contributed by atoms with E-state index in [-0.39, 0.29) is 5.97 Å². The van der Waals surface area contributed by atoms with Crippen molar-refractivity contribution in [3.05, 3.63) is 28.8 Å². The molecule has 0 aliphatic heterocycles. The van der Waals surface area contributed by atoms with Gasteiger partial charge in [-0.05, 0) is 49.1 Å². The Kier molecular flexibility index (Phi) is 5.01. The van der Waals surface area contributed by atoms with Crippen molar-refractivity contribution >= 4 is 5.97 Å². The quantitative estimate of drug-likeness (QED) is 0.737. The van der Waals surface area contributed by atoms with Crippen LogP contribution in [-0.2, 0) is 16.0 Å². The lowest BCUT2D eigenvalue weighted by atomic mass is 9.99. The minimum absolute atomic E-state index is 0.210. The van der Waals surface area contributed by atoms with Crippen LogP contribution in [0.5, 0.6) is 5.75 Å². The molecule has 0 aromatic heterocycles. The second-order valence-corrected chi connectivity index (χ2v) is 4.14. The van der Waals surface area contributed by atoms with Crippen LogP contribution in [0.1, 0.15) is 30.0 Å². The highest BCUT2D eigenvalue weighted by Crippen LogP contribution is 2.22. The summed E-state index contributed by atoms with van der Waals surface area (Å²) in [5.41, 5.74) is 3.17. The molecular formula is C14H20O3. The van der Waals surface area contributed by atoms with Crippen LogP contribution < -0.4 is 4.74 Å². The fraction of sp³-hybridized carbons (Fsp3) is 0.500. The average molecular weight is 236 g/mol. The third-order valence-corrected chi connectivity index (χ3v) is 2.69. The van der Waals surface area contributed by atoms with Gasteiger partial charge in [0, 0.05) is 0 Å². The highest BCUT2D eigenvalue weighted by Gasteiger charge is 2.10. The average Bonchev–Trinajstić information content (AvgIpc) is 2.30. The summed E-state index contributed by atoms with van der Waals surface area (Å²) in [6, 6.07) is 3.95. The standard InChI is InChI=1S/C14H20O3/c1-5-6-17-12-7-10(2)13(11(3)8-12)9-14(15)16-4/h7-8H,5-6,9H2,1-4H3. The van der Waals surface area contributed by atoms with Gasteiger partial charge in [0.25, 0.3) is 0 Å². The molecule has 1 rings (SSSR count). The first-order valence-corrected chi connectivity index (χ1v) is 5.88. The van der Waals surface area contributed by atoms with Gasteiger partial charge in [0.15, 0.2) is 0 Å². The van der Waals surface area contributed by atoms with Crippen molar-refractivity contribution < 1.29 is 14.3 Å². The molecule has 0 heterocycles. The Hall–Kier alpha value is -1.51. The SMILES string of the molecule is CCCOc1cc(C)c(CC(=O)OC)c(C)c1. The number of benzene rings is 1. The highest BCUT2D eigenvalue weighted by molar-refractivity contribution is 5.73. The van der Waals surface area contributed by atoms with Crippen LogP contribution in [0.25, 0.3) is 0 Å². The number of rotatable bonds is 5. The predicted octanol–water partition coefficient (Wildman–Crippen LogP) is 2.81. The predicted molar refractivity (Wildman–Crippen MR) is 67.4 cm³/mol. The number of hydrogen-bond acceptors (Lipinski definition) is 3. The van der Waals surface area contributed by atoms with Gasteiger partial charge in [-0.3, -0.25) is 4.79 Å². The van der Waals surface area contributed by atoms with Crippen LogP contribution >= 0.6 is 0 Å². The lowest BCUT2D eigenvalue weighted by molar-refractivity contribution is -0.139. The highest BCUT2D eigenvalue weighted by atomic mass is 16.5. The van der Waals surface area contributed by atoms with E-state index in [1.165, 1.54) is 7.11 Å². The van der Waals surface area contributed by atoms with Crippen molar-refractivity contribution in [3.8, 4) is 5.75 Å². The molecule has 17 heavy (non-hydrogen) atoms. The van der Waals surface area contributed by atoms with Crippen molar-refractivity contribution in [3.63, 3.8) is 0 Å². The fourth-order valence-corrected chi connectivity index (χ4v) is 1.75. The van der Waals surface area contributed by atoms with Gasteiger partial charge in [0.2, 0.25) is 0 Å². The summed E-state index contributed by atoms with van der Waals surface area (Å²) >= 11 is 0.